The maximum absolute atomic E-state index is 13.1. The molecule has 0 saturated carbocycles. The van der Waals surface area contributed by atoms with Crippen LogP contribution in [0.1, 0.15) is 25.8 Å². The van der Waals surface area contributed by atoms with Crippen molar-refractivity contribution in [2.24, 2.45) is 0 Å². The Bertz CT molecular complexity index is 355. The number of hydrogen-bond donors (Lipinski definition) is 2. The second-order valence-electron chi connectivity index (χ2n) is 4.42. The summed E-state index contributed by atoms with van der Waals surface area (Å²) in [6.45, 7) is 4.58. The Morgan fingerprint density at radius 1 is 1.44 bits per heavy atom. The Morgan fingerprint density at radius 3 is 2.75 bits per heavy atom. The lowest BCUT2D eigenvalue weighted by Gasteiger charge is -2.25. The minimum absolute atomic E-state index is 0.122. The number of aliphatic hydroxyl groups excluding tert-OH is 1. The molecule has 0 aromatic heterocycles. The zero-order valence-electron chi connectivity index (χ0n) is 9.56. The molecular formula is C12H17ClFNO. The number of hydrogen-bond acceptors (Lipinski definition) is 2. The maximum Gasteiger partial charge on any atom is 0.142 e. The average molecular weight is 246 g/mol. The lowest BCUT2D eigenvalue weighted by atomic mass is 10.0. The number of benzene rings is 1. The number of rotatable bonds is 5. The van der Waals surface area contributed by atoms with Gasteiger partial charge in [-0.1, -0.05) is 23.7 Å². The van der Waals surface area contributed by atoms with Crippen LogP contribution >= 0.6 is 11.6 Å². The van der Waals surface area contributed by atoms with Gasteiger partial charge in [0.05, 0.1) is 5.02 Å². The van der Waals surface area contributed by atoms with Gasteiger partial charge >= 0.3 is 0 Å². The van der Waals surface area contributed by atoms with Crippen LogP contribution in [0, 0.1) is 5.82 Å². The highest BCUT2D eigenvalue weighted by molar-refractivity contribution is 6.31. The Morgan fingerprint density at radius 2 is 2.12 bits per heavy atom. The molecule has 2 nitrogen and oxygen atoms in total. The lowest BCUT2D eigenvalue weighted by Crippen LogP contribution is -2.39. The van der Waals surface area contributed by atoms with Gasteiger partial charge in [-0.3, -0.25) is 0 Å². The fourth-order valence-electron chi connectivity index (χ4n) is 1.39. The van der Waals surface area contributed by atoms with Crippen molar-refractivity contribution >= 4 is 11.6 Å². The SMILES string of the molecule is CC(C)(CCO)NCc1cccc(F)c1Cl. The molecule has 0 aliphatic heterocycles. The van der Waals surface area contributed by atoms with E-state index < -0.39 is 5.82 Å². The first kappa shape index (κ1) is 13.4. The highest BCUT2D eigenvalue weighted by Crippen LogP contribution is 2.20. The van der Waals surface area contributed by atoms with Crippen LogP contribution in [0.15, 0.2) is 18.2 Å². The van der Waals surface area contributed by atoms with Gasteiger partial charge in [-0.25, -0.2) is 4.39 Å². The third-order valence-corrected chi connectivity index (χ3v) is 2.95. The van der Waals surface area contributed by atoms with Crippen LogP contribution in [-0.2, 0) is 6.54 Å². The Kier molecular flexibility index (Phi) is 4.71. The van der Waals surface area contributed by atoms with Crippen molar-refractivity contribution in [3.8, 4) is 0 Å². The third kappa shape index (κ3) is 3.74. The number of halogens is 2. The summed E-state index contributed by atoms with van der Waals surface area (Å²) in [5.41, 5.74) is 0.539. The van der Waals surface area contributed by atoms with Crippen LogP contribution in [0.3, 0.4) is 0 Å². The van der Waals surface area contributed by atoms with E-state index in [-0.39, 0.29) is 17.2 Å². The first-order valence-electron chi connectivity index (χ1n) is 5.25. The van der Waals surface area contributed by atoms with E-state index in [0.717, 1.165) is 5.56 Å². The zero-order valence-corrected chi connectivity index (χ0v) is 10.3. The van der Waals surface area contributed by atoms with Gasteiger partial charge in [-0.05, 0) is 31.9 Å². The van der Waals surface area contributed by atoms with E-state index in [1.165, 1.54) is 6.07 Å². The molecule has 0 atom stereocenters. The average Bonchev–Trinajstić information content (AvgIpc) is 2.20. The van der Waals surface area contributed by atoms with Gasteiger partial charge in [0.1, 0.15) is 5.82 Å². The standard InChI is InChI=1S/C12H17ClFNO/c1-12(2,6-7-16)15-8-9-4-3-5-10(14)11(9)13/h3-5,15-16H,6-8H2,1-2H3. The summed E-state index contributed by atoms with van der Waals surface area (Å²) >= 11 is 5.83. The lowest BCUT2D eigenvalue weighted by molar-refractivity contribution is 0.230. The molecule has 1 rings (SSSR count). The predicted molar refractivity (Wildman–Crippen MR) is 64.0 cm³/mol. The molecule has 0 unspecified atom stereocenters. The van der Waals surface area contributed by atoms with Crippen LogP contribution in [0.5, 0.6) is 0 Å². The van der Waals surface area contributed by atoms with Gasteiger partial charge < -0.3 is 10.4 Å². The number of aliphatic hydroxyl groups is 1. The summed E-state index contributed by atoms with van der Waals surface area (Å²) in [4.78, 5) is 0. The van der Waals surface area contributed by atoms with Crippen LogP contribution in [-0.4, -0.2) is 17.3 Å². The molecule has 0 bridgehead atoms. The first-order valence-corrected chi connectivity index (χ1v) is 5.63. The number of nitrogens with one attached hydrogen (secondary N) is 1. The minimum Gasteiger partial charge on any atom is -0.396 e. The molecule has 1 aromatic rings. The van der Waals surface area contributed by atoms with Crippen LogP contribution in [0.4, 0.5) is 4.39 Å². The largest absolute Gasteiger partial charge is 0.396 e. The van der Waals surface area contributed by atoms with E-state index in [9.17, 15) is 4.39 Å². The van der Waals surface area contributed by atoms with Crippen molar-refractivity contribution in [1.29, 1.82) is 0 Å². The fraction of sp³-hybridized carbons (Fsp3) is 0.500. The summed E-state index contributed by atoms with van der Waals surface area (Å²) in [6, 6.07) is 4.76. The summed E-state index contributed by atoms with van der Waals surface area (Å²) in [6.07, 6.45) is 0.639. The molecule has 16 heavy (non-hydrogen) atoms. The van der Waals surface area contributed by atoms with Gasteiger partial charge in [0, 0.05) is 18.7 Å². The molecule has 4 heteroatoms. The van der Waals surface area contributed by atoms with Crippen LogP contribution in [0.25, 0.3) is 0 Å². The molecule has 0 aliphatic carbocycles. The van der Waals surface area contributed by atoms with E-state index in [4.69, 9.17) is 16.7 Å². The molecule has 0 saturated heterocycles. The Hall–Kier alpha value is -0.640. The normalized spacial score (nSPS) is 11.8. The molecule has 0 heterocycles. The second-order valence-corrected chi connectivity index (χ2v) is 4.80. The molecule has 0 aliphatic rings. The molecule has 0 radical (unpaired) electrons. The molecule has 90 valence electrons. The predicted octanol–water partition coefficient (Wildman–Crippen LogP) is 2.73. The molecule has 1 aromatic carbocycles. The van der Waals surface area contributed by atoms with E-state index >= 15 is 0 Å². The quantitative estimate of drug-likeness (QED) is 0.836. The monoisotopic (exact) mass is 245 g/mol. The highest BCUT2D eigenvalue weighted by Gasteiger charge is 2.16. The zero-order chi connectivity index (χ0) is 12.2. The summed E-state index contributed by atoms with van der Waals surface area (Å²) in [5, 5.41) is 12.3. The molecule has 0 spiro atoms. The van der Waals surface area contributed by atoms with Crippen molar-refractivity contribution in [2.75, 3.05) is 6.61 Å². The smallest absolute Gasteiger partial charge is 0.142 e. The summed E-state index contributed by atoms with van der Waals surface area (Å²) in [7, 11) is 0. The molecule has 0 fully saturated rings. The van der Waals surface area contributed by atoms with E-state index in [1.54, 1.807) is 12.1 Å². The summed E-state index contributed by atoms with van der Waals surface area (Å²) in [5.74, 6) is -0.402. The maximum atomic E-state index is 13.1. The van der Waals surface area contributed by atoms with Crippen LogP contribution < -0.4 is 5.32 Å². The van der Waals surface area contributed by atoms with Gasteiger partial charge in [0.2, 0.25) is 0 Å². The van der Waals surface area contributed by atoms with Gasteiger partial charge in [0.25, 0.3) is 0 Å². The second kappa shape index (κ2) is 5.62. The molecular weight excluding hydrogens is 229 g/mol. The van der Waals surface area contributed by atoms with Crippen molar-refractivity contribution in [3.05, 3.63) is 34.6 Å². The van der Waals surface area contributed by atoms with Gasteiger partial charge in [-0.15, -0.1) is 0 Å². The molecule has 2 N–H and O–H groups in total. The highest BCUT2D eigenvalue weighted by atomic mass is 35.5. The van der Waals surface area contributed by atoms with E-state index in [1.807, 2.05) is 13.8 Å². The first-order chi connectivity index (χ1) is 7.46. The Labute approximate surface area is 100 Å². The van der Waals surface area contributed by atoms with Gasteiger partial charge in [-0.2, -0.15) is 0 Å². The van der Waals surface area contributed by atoms with Crippen molar-refractivity contribution in [2.45, 2.75) is 32.4 Å². The van der Waals surface area contributed by atoms with Gasteiger partial charge in [0.15, 0.2) is 0 Å². The molecule has 0 amide bonds. The topological polar surface area (TPSA) is 32.3 Å². The van der Waals surface area contributed by atoms with Crippen molar-refractivity contribution in [3.63, 3.8) is 0 Å². The third-order valence-electron chi connectivity index (χ3n) is 2.53. The summed E-state index contributed by atoms with van der Waals surface area (Å²) < 4.78 is 13.1. The van der Waals surface area contributed by atoms with E-state index in [2.05, 4.69) is 5.32 Å². The van der Waals surface area contributed by atoms with Crippen molar-refractivity contribution in [1.82, 2.24) is 5.32 Å². The van der Waals surface area contributed by atoms with Crippen molar-refractivity contribution < 1.29 is 9.50 Å². The van der Waals surface area contributed by atoms with E-state index in [0.29, 0.717) is 13.0 Å². The fourth-order valence-corrected chi connectivity index (χ4v) is 1.58. The van der Waals surface area contributed by atoms with Crippen LogP contribution in [0.2, 0.25) is 5.02 Å². The minimum atomic E-state index is -0.402. The Balaban J connectivity index is 2.64.